The monoisotopic (exact) mass is 451 g/mol. The lowest BCUT2D eigenvalue weighted by atomic mass is 10.0. The summed E-state index contributed by atoms with van der Waals surface area (Å²) >= 11 is 6.07. The molecular weight excluding hydrogens is 422 g/mol. The summed E-state index contributed by atoms with van der Waals surface area (Å²) in [5.41, 5.74) is 5.57. The van der Waals surface area contributed by atoms with Gasteiger partial charge in [-0.2, -0.15) is 0 Å². The Labute approximate surface area is 195 Å². The SMILES string of the molecule is Cc1cccc(N2CCN(C3=C(c4ccc(Cl)cc4)C(=O)N(CC(C)C)C3=O)CC2)c1C. The Morgan fingerprint density at radius 2 is 1.50 bits per heavy atom. The number of halogens is 1. The van der Waals surface area contributed by atoms with Gasteiger partial charge in [0.2, 0.25) is 0 Å². The van der Waals surface area contributed by atoms with Crippen LogP contribution in [0.1, 0.15) is 30.5 Å². The highest BCUT2D eigenvalue weighted by atomic mass is 35.5. The number of aryl methyl sites for hydroxylation is 1. The van der Waals surface area contributed by atoms with Crippen molar-refractivity contribution in [1.29, 1.82) is 0 Å². The molecule has 0 saturated carbocycles. The van der Waals surface area contributed by atoms with Gasteiger partial charge < -0.3 is 9.80 Å². The fourth-order valence-corrected chi connectivity index (χ4v) is 4.64. The topological polar surface area (TPSA) is 43.9 Å². The van der Waals surface area contributed by atoms with E-state index in [1.165, 1.54) is 21.7 Å². The van der Waals surface area contributed by atoms with Crippen LogP contribution in [0.4, 0.5) is 5.69 Å². The Kier molecular flexibility index (Phi) is 6.29. The van der Waals surface area contributed by atoms with E-state index in [1.807, 2.05) is 26.0 Å². The fraction of sp³-hybridized carbons (Fsp3) is 0.385. The Morgan fingerprint density at radius 3 is 2.12 bits per heavy atom. The van der Waals surface area contributed by atoms with Gasteiger partial charge in [-0.1, -0.05) is 49.7 Å². The molecule has 2 aliphatic heterocycles. The van der Waals surface area contributed by atoms with Crippen molar-refractivity contribution in [3.05, 3.63) is 69.9 Å². The molecule has 2 amide bonds. The summed E-state index contributed by atoms with van der Waals surface area (Å²) in [6.07, 6.45) is 0. The third-order valence-electron chi connectivity index (χ3n) is 6.34. The molecule has 5 nitrogen and oxygen atoms in total. The van der Waals surface area contributed by atoms with Gasteiger partial charge in [0.25, 0.3) is 11.8 Å². The lowest BCUT2D eigenvalue weighted by Crippen LogP contribution is -2.48. The molecule has 0 aromatic heterocycles. The highest BCUT2D eigenvalue weighted by Crippen LogP contribution is 2.34. The molecule has 0 aliphatic carbocycles. The van der Waals surface area contributed by atoms with Crippen LogP contribution in [0.5, 0.6) is 0 Å². The number of imide groups is 1. The highest BCUT2D eigenvalue weighted by molar-refractivity contribution is 6.36. The van der Waals surface area contributed by atoms with Crippen molar-refractivity contribution in [1.82, 2.24) is 9.80 Å². The first-order valence-corrected chi connectivity index (χ1v) is 11.6. The minimum Gasteiger partial charge on any atom is -0.368 e. The summed E-state index contributed by atoms with van der Waals surface area (Å²) in [6, 6.07) is 13.6. The van der Waals surface area contributed by atoms with Crippen LogP contribution in [-0.4, -0.2) is 54.3 Å². The second kappa shape index (κ2) is 8.99. The molecule has 2 aliphatic rings. The maximum atomic E-state index is 13.4. The van der Waals surface area contributed by atoms with E-state index in [-0.39, 0.29) is 17.7 Å². The molecular formula is C26H30ClN3O2. The molecule has 2 aromatic rings. The molecule has 6 heteroatoms. The largest absolute Gasteiger partial charge is 0.368 e. The molecule has 2 heterocycles. The van der Waals surface area contributed by atoms with E-state index in [9.17, 15) is 9.59 Å². The van der Waals surface area contributed by atoms with Crippen molar-refractivity contribution in [2.24, 2.45) is 5.92 Å². The van der Waals surface area contributed by atoms with Crippen molar-refractivity contribution in [2.45, 2.75) is 27.7 Å². The first-order valence-electron chi connectivity index (χ1n) is 11.2. The number of carbonyl (C=O) groups excluding carboxylic acids is 2. The van der Waals surface area contributed by atoms with E-state index < -0.39 is 0 Å². The standard InChI is InChI=1S/C26H30ClN3O2/c1-17(2)16-30-25(31)23(20-8-10-21(27)11-9-20)24(26(30)32)29-14-12-28(13-15-29)22-7-5-6-18(3)19(22)4/h5-11,17H,12-16H2,1-4H3. The number of nitrogens with zero attached hydrogens (tertiary/aromatic N) is 3. The highest BCUT2D eigenvalue weighted by Gasteiger charge is 2.42. The lowest BCUT2D eigenvalue weighted by molar-refractivity contribution is -0.138. The first-order chi connectivity index (χ1) is 15.3. The molecule has 1 saturated heterocycles. The molecule has 4 rings (SSSR count). The number of anilines is 1. The number of amides is 2. The second-order valence-electron chi connectivity index (χ2n) is 9.04. The van der Waals surface area contributed by atoms with Crippen LogP contribution >= 0.6 is 11.6 Å². The molecule has 0 unspecified atom stereocenters. The molecule has 2 aromatic carbocycles. The van der Waals surface area contributed by atoms with Crippen molar-refractivity contribution in [3.63, 3.8) is 0 Å². The molecule has 0 spiro atoms. The van der Waals surface area contributed by atoms with Gasteiger partial charge in [0.05, 0.1) is 5.57 Å². The Bertz CT molecular complexity index is 1070. The Balaban J connectivity index is 1.64. The van der Waals surface area contributed by atoms with Gasteiger partial charge in [0.1, 0.15) is 5.70 Å². The predicted molar refractivity (Wildman–Crippen MR) is 130 cm³/mol. The number of hydrogen-bond donors (Lipinski definition) is 0. The Hall–Kier alpha value is -2.79. The third kappa shape index (κ3) is 4.14. The summed E-state index contributed by atoms with van der Waals surface area (Å²) in [6.45, 7) is 11.7. The van der Waals surface area contributed by atoms with Gasteiger partial charge >= 0.3 is 0 Å². The summed E-state index contributed by atoms with van der Waals surface area (Å²) < 4.78 is 0. The molecule has 0 N–H and O–H groups in total. The van der Waals surface area contributed by atoms with Crippen molar-refractivity contribution >= 4 is 34.7 Å². The number of carbonyl (C=O) groups is 2. The maximum Gasteiger partial charge on any atom is 0.277 e. The van der Waals surface area contributed by atoms with Crippen LogP contribution in [0.25, 0.3) is 5.57 Å². The molecule has 0 radical (unpaired) electrons. The van der Waals surface area contributed by atoms with Gasteiger partial charge in [0, 0.05) is 43.4 Å². The summed E-state index contributed by atoms with van der Waals surface area (Å²) in [4.78, 5) is 32.6. The maximum absolute atomic E-state index is 13.4. The number of rotatable bonds is 5. The van der Waals surface area contributed by atoms with Crippen molar-refractivity contribution in [3.8, 4) is 0 Å². The van der Waals surface area contributed by atoms with Crippen LogP contribution in [0.3, 0.4) is 0 Å². The zero-order chi connectivity index (χ0) is 23.0. The van der Waals surface area contributed by atoms with Gasteiger partial charge in [-0.05, 0) is 54.7 Å². The molecule has 32 heavy (non-hydrogen) atoms. The summed E-state index contributed by atoms with van der Waals surface area (Å²) in [5.74, 6) is -0.193. The first kappa shape index (κ1) is 22.4. The normalized spacial score (nSPS) is 17.2. The van der Waals surface area contributed by atoms with E-state index in [1.54, 1.807) is 12.1 Å². The van der Waals surface area contributed by atoms with E-state index >= 15 is 0 Å². The number of benzene rings is 2. The minimum atomic E-state index is -0.210. The Morgan fingerprint density at radius 1 is 0.875 bits per heavy atom. The predicted octanol–water partition coefficient (Wildman–Crippen LogP) is 4.51. The zero-order valence-corrected chi connectivity index (χ0v) is 19.9. The van der Waals surface area contributed by atoms with E-state index in [0.29, 0.717) is 35.9 Å². The van der Waals surface area contributed by atoms with E-state index in [4.69, 9.17) is 11.6 Å². The van der Waals surface area contributed by atoms with Crippen LogP contribution in [0, 0.1) is 19.8 Å². The second-order valence-corrected chi connectivity index (χ2v) is 9.47. The van der Waals surface area contributed by atoms with E-state index in [0.717, 1.165) is 18.7 Å². The fourth-order valence-electron chi connectivity index (χ4n) is 4.51. The average Bonchev–Trinajstić information content (AvgIpc) is 3.01. The van der Waals surface area contributed by atoms with Crippen LogP contribution in [-0.2, 0) is 9.59 Å². The lowest BCUT2D eigenvalue weighted by Gasteiger charge is -2.38. The zero-order valence-electron chi connectivity index (χ0n) is 19.2. The number of hydrogen-bond acceptors (Lipinski definition) is 4. The van der Waals surface area contributed by atoms with Crippen LogP contribution in [0.2, 0.25) is 5.02 Å². The average molecular weight is 452 g/mol. The molecule has 0 bridgehead atoms. The third-order valence-corrected chi connectivity index (χ3v) is 6.59. The van der Waals surface area contributed by atoms with E-state index in [2.05, 4.69) is 41.8 Å². The molecule has 0 atom stereocenters. The smallest absolute Gasteiger partial charge is 0.277 e. The number of piperazine rings is 1. The summed E-state index contributed by atoms with van der Waals surface area (Å²) in [5, 5.41) is 0.605. The van der Waals surface area contributed by atoms with Gasteiger partial charge in [0.15, 0.2) is 0 Å². The quantitative estimate of drug-likeness (QED) is 0.627. The van der Waals surface area contributed by atoms with Crippen LogP contribution in [0.15, 0.2) is 48.2 Å². The van der Waals surface area contributed by atoms with Crippen molar-refractivity contribution < 1.29 is 9.59 Å². The molecule has 1 fully saturated rings. The van der Waals surface area contributed by atoms with Crippen molar-refractivity contribution in [2.75, 3.05) is 37.6 Å². The molecule has 168 valence electrons. The van der Waals surface area contributed by atoms with Gasteiger partial charge in [-0.25, -0.2) is 0 Å². The minimum absolute atomic E-state index is 0.186. The van der Waals surface area contributed by atoms with Gasteiger partial charge in [-0.15, -0.1) is 0 Å². The van der Waals surface area contributed by atoms with Gasteiger partial charge in [-0.3, -0.25) is 14.5 Å². The van der Waals surface area contributed by atoms with Crippen LogP contribution < -0.4 is 4.90 Å². The summed E-state index contributed by atoms with van der Waals surface area (Å²) in [7, 11) is 0.